The molecule has 5 aliphatic rings. The van der Waals surface area contributed by atoms with Gasteiger partial charge in [-0.25, -0.2) is 9.69 Å². The van der Waals surface area contributed by atoms with Crippen LogP contribution in [-0.4, -0.2) is 91.5 Å². The number of morpholine rings is 1. The van der Waals surface area contributed by atoms with Crippen molar-refractivity contribution in [2.24, 2.45) is 5.92 Å². The van der Waals surface area contributed by atoms with Gasteiger partial charge in [-0.05, 0) is 96.7 Å². The number of amides is 3. The highest BCUT2D eigenvalue weighted by molar-refractivity contribution is 6.23. The van der Waals surface area contributed by atoms with E-state index in [2.05, 4.69) is 17.9 Å². The van der Waals surface area contributed by atoms with Gasteiger partial charge in [0.2, 0.25) is 11.8 Å². The van der Waals surface area contributed by atoms with Crippen LogP contribution < -0.4 is 9.64 Å². The average Bonchev–Trinajstić information content (AvgIpc) is 3.79. The van der Waals surface area contributed by atoms with E-state index in [4.69, 9.17) is 18.9 Å². The number of rotatable bonds is 10. The van der Waals surface area contributed by atoms with Gasteiger partial charge in [0.05, 0.1) is 36.9 Å². The second-order valence-corrected chi connectivity index (χ2v) is 17.7. The maximum Gasteiger partial charge on any atom is 0.421 e. The minimum absolute atomic E-state index is 0.0702. The number of allylic oxidation sites excluding steroid dienone is 2. The molecule has 1 spiro atoms. The van der Waals surface area contributed by atoms with Gasteiger partial charge in [-0.3, -0.25) is 19.3 Å². The van der Waals surface area contributed by atoms with Crippen molar-refractivity contribution in [1.82, 2.24) is 9.80 Å². The summed E-state index contributed by atoms with van der Waals surface area (Å²) < 4.78 is 23.5. The largest absolute Gasteiger partial charge is 0.491 e. The van der Waals surface area contributed by atoms with Crippen LogP contribution in [0.15, 0.2) is 115 Å². The van der Waals surface area contributed by atoms with Crippen molar-refractivity contribution in [3.8, 4) is 17.6 Å². The summed E-state index contributed by atoms with van der Waals surface area (Å²) in [5.74, 6) is 4.20. The zero-order valence-electron chi connectivity index (χ0n) is 37.4. The number of ether oxygens (including phenoxy) is 4. The zero-order valence-corrected chi connectivity index (χ0v) is 37.4. The van der Waals surface area contributed by atoms with Crippen molar-refractivity contribution in [2.75, 3.05) is 51.5 Å². The van der Waals surface area contributed by atoms with Crippen LogP contribution in [0.25, 0.3) is 0 Å². The maximum atomic E-state index is 16.5. The van der Waals surface area contributed by atoms with E-state index in [1.165, 1.54) is 7.11 Å². The highest BCUT2D eigenvalue weighted by atomic mass is 16.6. The van der Waals surface area contributed by atoms with Gasteiger partial charge in [-0.2, -0.15) is 0 Å². The lowest BCUT2D eigenvalue weighted by atomic mass is 9.64. The zero-order chi connectivity index (χ0) is 45.6. The van der Waals surface area contributed by atoms with E-state index < -0.39 is 53.5 Å². The molecule has 4 heterocycles. The summed E-state index contributed by atoms with van der Waals surface area (Å²) in [6, 6.07) is 28.9. The first-order valence-electron chi connectivity index (χ1n) is 23.4. The van der Waals surface area contributed by atoms with E-state index in [-0.39, 0.29) is 38.0 Å². The number of imide groups is 1. The van der Waals surface area contributed by atoms with Crippen LogP contribution in [0, 0.1) is 17.8 Å². The molecular weight excluding hydrogens is 835 g/mol. The molecule has 3 saturated heterocycles. The van der Waals surface area contributed by atoms with Crippen LogP contribution in [0.1, 0.15) is 104 Å². The lowest BCUT2D eigenvalue weighted by Crippen LogP contribution is -2.56. The molecule has 6 atom stereocenters. The minimum Gasteiger partial charge on any atom is -0.491 e. The Kier molecular flexibility index (Phi) is 13.7. The fourth-order valence-electron chi connectivity index (χ4n) is 10.9. The van der Waals surface area contributed by atoms with Crippen molar-refractivity contribution >= 4 is 29.6 Å². The number of hydrogen-bond donors (Lipinski definition) is 1. The third-order valence-corrected chi connectivity index (χ3v) is 13.8. The predicted octanol–water partition coefficient (Wildman–Crippen LogP) is 8.15. The van der Waals surface area contributed by atoms with Gasteiger partial charge in [0.15, 0.2) is 0 Å². The smallest absolute Gasteiger partial charge is 0.421 e. The Hall–Kier alpha value is -6.26. The van der Waals surface area contributed by atoms with E-state index in [1.54, 1.807) is 24.3 Å². The number of likely N-dealkylation sites (tertiary alicyclic amines) is 1. The summed E-state index contributed by atoms with van der Waals surface area (Å²) in [7, 11) is 1.50. The number of esters is 1. The second-order valence-electron chi connectivity index (χ2n) is 17.7. The molecule has 0 aromatic heterocycles. The molecule has 1 N–H and O–H groups in total. The maximum absolute atomic E-state index is 16.5. The lowest BCUT2D eigenvalue weighted by Gasteiger charge is -2.46. The number of benzene rings is 4. The van der Waals surface area contributed by atoms with Crippen LogP contribution in [0.2, 0.25) is 0 Å². The van der Waals surface area contributed by atoms with Gasteiger partial charge >= 0.3 is 12.1 Å². The highest BCUT2D eigenvalue weighted by Gasteiger charge is 2.76. The van der Waals surface area contributed by atoms with Crippen molar-refractivity contribution < 1.29 is 43.2 Å². The highest BCUT2D eigenvalue weighted by Crippen LogP contribution is 2.66. The third kappa shape index (κ3) is 8.40. The number of methoxy groups -OCH3 is 1. The molecule has 12 heteroatoms. The molecule has 1 aliphatic carbocycles. The Morgan fingerprint density at radius 1 is 0.773 bits per heavy atom. The van der Waals surface area contributed by atoms with Crippen molar-refractivity contribution in [3.05, 3.63) is 143 Å². The number of nitrogens with zero attached hydrogens (tertiary/aromatic N) is 3. The number of aliphatic hydroxyl groups is 1. The predicted molar refractivity (Wildman–Crippen MR) is 247 cm³/mol. The second kappa shape index (κ2) is 20.1. The minimum atomic E-state index is -1.91. The molecule has 342 valence electrons. The number of aliphatic hydroxyl groups excluding tert-OH is 1. The van der Waals surface area contributed by atoms with E-state index in [0.29, 0.717) is 35.5 Å². The van der Waals surface area contributed by atoms with Crippen LogP contribution >= 0.6 is 0 Å². The molecule has 4 aliphatic heterocycles. The van der Waals surface area contributed by atoms with Crippen molar-refractivity contribution in [2.45, 2.75) is 87.4 Å². The van der Waals surface area contributed by atoms with Crippen LogP contribution in [-0.2, 0) is 34.0 Å². The van der Waals surface area contributed by atoms with Crippen LogP contribution in [0.3, 0.4) is 0 Å². The summed E-state index contributed by atoms with van der Waals surface area (Å²) in [4.78, 5) is 67.6. The van der Waals surface area contributed by atoms with Crippen molar-refractivity contribution in [1.29, 1.82) is 0 Å². The average molecular weight is 892 g/mol. The Bertz CT molecular complexity index is 2490. The summed E-state index contributed by atoms with van der Waals surface area (Å²) in [5.41, 5.74) is 2.56. The summed E-state index contributed by atoms with van der Waals surface area (Å²) in [6.07, 6.45) is 8.87. The number of hydrogen-bond acceptors (Lipinski definition) is 10. The number of cyclic esters (lactones) is 1. The Morgan fingerprint density at radius 3 is 2.17 bits per heavy atom. The van der Waals surface area contributed by atoms with E-state index in [0.717, 1.165) is 79.4 Å². The molecule has 3 fully saturated rings. The molecule has 4 aromatic carbocycles. The number of fused-ring (bicyclic) bond motifs is 3. The molecular formula is C54H57N3O9. The normalized spacial score (nSPS) is 25.1. The topological polar surface area (TPSA) is 135 Å². The van der Waals surface area contributed by atoms with E-state index in [1.807, 2.05) is 88.7 Å². The van der Waals surface area contributed by atoms with Crippen LogP contribution in [0.4, 0.5) is 10.5 Å². The molecule has 12 nitrogen and oxygen atoms in total. The first kappa shape index (κ1) is 44.9. The van der Waals surface area contributed by atoms with Gasteiger partial charge in [0.1, 0.15) is 36.5 Å². The van der Waals surface area contributed by atoms with Gasteiger partial charge in [0.25, 0.3) is 0 Å². The number of carbonyl (C=O) groups is 4. The monoisotopic (exact) mass is 891 g/mol. The molecule has 4 aromatic rings. The summed E-state index contributed by atoms with van der Waals surface area (Å²) in [5, 5.41) is 9.61. The first-order valence-corrected chi connectivity index (χ1v) is 23.4. The third-order valence-electron chi connectivity index (χ3n) is 13.8. The Labute approximate surface area is 386 Å². The van der Waals surface area contributed by atoms with Gasteiger partial charge in [-0.15, -0.1) is 0 Å². The Morgan fingerprint density at radius 2 is 1.48 bits per heavy atom. The molecule has 6 unspecified atom stereocenters. The summed E-state index contributed by atoms with van der Waals surface area (Å²) >= 11 is 0. The summed E-state index contributed by atoms with van der Waals surface area (Å²) in [6.45, 7) is 0.767. The van der Waals surface area contributed by atoms with Gasteiger partial charge in [0, 0.05) is 25.8 Å². The molecule has 9 rings (SSSR count). The SMILES string of the molecule is COCCOC(=O)N1C(=O)C2(c3cc(C#CC4=CCCCC4)ccc31)C(C(=O)N1CCCCCCC1)C1C(=O)OC(c3ccccc3)C(c3ccccc3)N1C2c1ccc(OCCO)cc1. The van der Waals surface area contributed by atoms with E-state index in [9.17, 15) is 9.90 Å². The first-order chi connectivity index (χ1) is 32.4. The Balaban J connectivity index is 1.35. The molecule has 0 saturated carbocycles. The standard InChI is InChI=1S/C54H57N3O9/c1-63-34-35-65-53(62)56-44-29-24-38(23-22-37-16-8-5-9-17-37)36-43(44)54(52(56)61)45(50(59)55-30-14-3-2-4-15-31-55)47-51(60)66-48(40-20-12-7-13-21-40)46(39-18-10-6-11-19-39)57(47)49(54)41-25-27-42(28-26-41)64-33-32-58/h6-7,10-13,16,18-21,24-29,36,45-49,58H,2-5,8-9,14-15,17,30-35H2,1H3. The molecule has 3 amide bonds. The molecule has 0 bridgehead atoms. The van der Waals surface area contributed by atoms with E-state index >= 15 is 14.4 Å². The number of anilines is 1. The quantitative estimate of drug-likeness (QED) is 0.0945. The fourth-order valence-corrected chi connectivity index (χ4v) is 10.9. The number of carbonyl (C=O) groups excluding carboxylic acids is 4. The molecule has 0 radical (unpaired) electrons. The fraction of sp³-hybridized carbons (Fsp3) is 0.407. The molecule has 66 heavy (non-hydrogen) atoms. The lowest BCUT2D eigenvalue weighted by molar-refractivity contribution is -0.179. The van der Waals surface area contributed by atoms with Crippen LogP contribution in [0.5, 0.6) is 5.75 Å². The van der Waals surface area contributed by atoms with Gasteiger partial charge in [-0.1, -0.05) is 110 Å². The van der Waals surface area contributed by atoms with Crippen molar-refractivity contribution in [3.63, 3.8) is 0 Å². The van der Waals surface area contributed by atoms with Gasteiger partial charge < -0.3 is 29.0 Å².